The number of nitriles is 1. The lowest BCUT2D eigenvalue weighted by atomic mass is 9.97. The molecule has 1 saturated heterocycles. The summed E-state index contributed by atoms with van der Waals surface area (Å²) in [5.41, 5.74) is 2.61. The van der Waals surface area contributed by atoms with Crippen molar-refractivity contribution in [1.82, 2.24) is 0 Å². The van der Waals surface area contributed by atoms with Crippen LogP contribution in [-0.4, -0.2) is 12.6 Å². The van der Waals surface area contributed by atoms with Crippen molar-refractivity contribution in [2.24, 2.45) is 0 Å². The molecule has 0 spiro atoms. The third-order valence-electron chi connectivity index (χ3n) is 3.92. The molecule has 0 bridgehead atoms. The quantitative estimate of drug-likeness (QED) is 0.904. The van der Waals surface area contributed by atoms with E-state index < -0.39 is 0 Å². The second kappa shape index (κ2) is 6.83. The molecule has 2 unspecified atom stereocenters. The first-order chi connectivity index (χ1) is 10.8. The molecular weight excluding hydrogens is 296 g/mol. The van der Waals surface area contributed by atoms with Gasteiger partial charge in [-0.2, -0.15) is 5.26 Å². The van der Waals surface area contributed by atoms with Crippen LogP contribution < -0.4 is 5.32 Å². The molecule has 2 aromatic carbocycles. The van der Waals surface area contributed by atoms with E-state index >= 15 is 0 Å². The summed E-state index contributed by atoms with van der Waals surface area (Å²) in [7, 11) is 0. The van der Waals surface area contributed by atoms with Crippen molar-refractivity contribution in [3.8, 4) is 6.07 Å². The highest BCUT2D eigenvalue weighted by Crippen LogP contribution is 2.31. The minimum absolute atomic E-state index is 0.0946. The zero-order chi connectivity index (χ0) is 15.4. The van der Waals surface area contributed by atoms with Crippen molar-refractivity contribution >= 4 is 17.3 Å². The Morgan fingerprint density at radius 3 is 2.77 bits per heavy atom. The number of hydrogen-bond donors (Lipinski definition) is 1. The van der Waals surface area contributed by atoms with E-state index in [1.807, 2.05) is 24.3 Å². The summed E-state index contributed by atoms with van der Waals surface area (Å²) in [4.78, 5) is 0. The first kappa shape index (κ1) is 14.9. The maximum Gasteiger partial charge on any atom is 0.101 e. The van der Waals surface area contributed by atoms with Crippen molar-refractivity contribution in [1.29, 1.82) is 5.26 Å². The molecule has 1 N–H and O–H groups in total. The van der Waals surface area contributed by atoms with Crippen molar-refractivity contribution < 1.29 is 4.74 Å². The van der Waals surface area contributed by atoms with Crippen LogP contribution in [0.15, 0.2) is 48.5 Å². The predicted octanol–water partition coefficient (Wildman–Crippen LogP) is 4.54. The topological polar surface area (TPSA) is 45.0 Å². The van der Waals surface area contributed by atoms with Gasteiger partial charge in [0, 0.05) is 17.7 Å². The largest absolute Gasteiger partial charge is 0.381 e. The standard InChI is InChI=1S/C18H17ClN2O/c19-15-7-6-14(12-20)17(10-15)21-16-8-9-22-18(11-16)13-4-2-1-3-5-13/h1-7,10,16,18,21H,8-9,11H2. The lowest BCUT2D eigenvalue weighted by molar-refractivity contribution is 0.00979. The number of hydrogen-bond acceptors (Lipinski definition) is 3. The maximum absolute atomic E-state index is 9.21. The Morgan fingerprint density at radius 2 is 2.00 bits per heavy atom. The lowest BCUT2D eigenvalue weighted by Gasteiger charge is -2.31. The highest BCUT2D eigenvalue weighted by Gasteiger charge is 2.24. The van der Waals surface area contributed by atoms with Gasteiger partial charge in [0.15, 0.2) is 0 Å². The van der Waals surface area contributed by atoms with Crippen molar-refractivity contribution in [2.45, 2.75) is 25.0 Å². The Kier molecular flexibility index (Phi) is 4.62. The summed E-state index contributed by atoms with van der Waals surface area (Å²) >= 11 is 6.04. The molecule has 4 heteroatoms. The average Bonchev–Trinajstić information content (AvgIpc) is 2.56. The molecule has 1 heterocycles. The van der Waals surface area contributed by atoms with E-state index in [2.05, 4.69) is 23.5 Å². The molecule has 1 aliphatic heterocycles. The fraction of sp³-hybridized carbons (Fsp3) is 0.278. The minimum Gasteiger partial charge on any atom is -0.381 e. The van der Waals surface area contributed by atoms with E-state index in [1.165, 1.54) is 5.56 Å². The Hall–Kier alpha value is -2.02. The molecule has 0 saturated carbocycles. The summed E-state index contributed by atoms with van der Waals surface area (Å²) in [5, 5.41) is 13.3. The number of halogens is 1. The zero-order valence-corrected chi connectivity index (χ0v) is 12.9. The molecule has 2 aromatic rings. The summed E-state index contributed by atoms with van der Waals surface area (Å²) in [6.45, 7) is 0.708. The molecule has 1 fully saturated rings. The van der Waals surface area contributed by atoms with Gasteiger partial charge in [0.25, 0.3) is 0 Å². The number of anilines is 1. The van der Waals surface area contributed by atoms with E-state index in [0.717, 1.165) is 18.5 Å². The van der Waals surface area contributed by atoms with Gasteiger partial charge in [0.05, 0.1) is 17.4 Å². The van der Waals surface area contributed by atoms with E-state index in [0.29, 0.717) is 17.2 Å². The van der Waals surface area contributed by atoms with Gasteiger partial charge in [-0.1, -0.05) is 41.9 Å². The van der Waals surface area contributed by atoms with Gasteiger partial charge in [-0.25, -0.2) is 0 Å². The molecule has 0 aliphatic carbocycles. The fourth-order valence-corrected chi connectivity index (χ4v) is 2.95. The van der Waals surface area contributed by atoms with E-state index in [9.17, 15) is 5.26 Å². The number of nitrogens with one attached hydrogen (secondary N) is 1. The Morgan fingerprint density at radius 1 is 1.18 bits per heavy atom. The molecule has 3 rings (SSSR count). The number of benzene rings is 2. The zero-order valence-electron chi connectivity index (χ0n) is 12.1. The molecule has 1 aliphatic rings. The van der Waals surface area contributed by atoms with Crippen molar-refractivity contribution in [2.75, 3.05) is 11.9 Å². The molecule has 0 aromatic heterocycles. The molecule has 22 heavy (non-hydrogen) atoms. The van der Waals surface area contributed by atoms with Crippen LogP contribution in [0, 0.1) is 11.3 Å². The predicted molar refractivity (Wildman–Crippen MR) is 87.9 cm³/mol. The summed E-state index contributed by atoms with van der Waals surface area (Å²) in [6.07, 6.45) is 1.89. The Labute approximate surface area is 135 Å². The van der Waals surface area contributed by atoms with Gasteiger partial charge in [-0.15, -0.1) is 0 Å². The van der Waals surface area contributed by atoms with Gasteiger partial charge in [-0.3, -0.25) is 0 Å². The maximum atomic E-state index is 9.21. The molecule has 3 nitrogen and oxygen atoms in total. The summed E-state index contributed by atoms with van der Waals surface area (Å²) in [5.74, 6) is 0. The van der Waals surface area contributed by atoms with Crippen LogP contribution in [-0.2, 0) is 4.74 Å². The van der Waals surface area contributed by atoms with Gasteiger partial charge in [0.2, 0.25) is 0 Å². The van der Waals surface area contributed by atoms with Gasteiger partial charge < -0.3 is 10.1 Å². The number of nitrogens with zero attached hydrogens (tertiary/aromatic N) is 1. The van der Waals surface area contributed by atoms with Crippen LogP contribution in [0.4, 0.5) is 5.69 Å². The van der Waals surface area contributed by atoms with E-state index in [4.69, 9.17) is 16.3 Å². The van der Waals surface area contributed by atoms with Crippen LogP contribution in [0.3, 0.4) is 0 Å². The summed E-state index contributed by atoms with van der Waals surface area (Å²) in [6, 6.07) is 18.0. The van der Waals surface area contributed by atoms with Crippen LogP contribution in [0.2, 0.25) is 5.02 Å². The van der Waals surface area contributed by atoms with Crippen LogP contribution in [0.25, 0.3) is 0 Å². The van der Waals surface area contributed by atoms with Gasteiger partial charge >= 0.3 is 0 Å². The minimum atomic E-state index is 0.0946. The van der Waals surface area contributed by atoms with Crippen LogP contribution >= 0.6 is 11.6 Å². The second-order valence-electron chi connectivity index (χ2n) is 5.44. The number of ether oxygens (including phenoxy) is 1. The normalized spacial score (nSPS) is 21.1. The third kappa shape index (κ3) is 3.41. The average molecular weight is 313 g/mol. The monoisotopic (exact) mass is 312 g/mol. The molecule has 2 atom stereocenters. The fourth-order valence-electron chi connectivity index (χ4n) is 2.78. The molecule has 0 radical (unpaired) electrons. The summed E-state index contributed by atoms with van der Waals surface area (Å²) < 4.78 is 5.88. The van der Waals surface area contributed by atoms with E-state index in [-0.39, 0.29) is 12.1 Å². The molecule has 112 valence electrons. The molecule has 0 amide bonds. The van der Waals surface area contributed by atoms with Crippen molar-refractivity contribution in [3.63, 3.8) is 0 Å². The van der Waals surface area contributed by atoms with Crippen LogP contribution in [0.5, 0.6) is 0 Å². The first-order valence-electron chi connectivity index (χ1n) is 7.39. The molecular formula is C18H17ClN2O. The number of rotatable bonds is 3. The first-order valence-corrected chi connectivity index (χ1v) is 7.77. The van der Waals surface area contributed by atoms with Crippen molar-refractivity contribution in [3.05, 3.63) is 64.7 Å². The SMILES string of the molecule is N#Cc1ccc(Cl)cc1NC1CCOC(c2ccccc2)C1. The van der Waals surface area contributed by atoms with Gasteiger partial charge in [0.1, 0.15) is 6.07 Å². The van der Waals surface area contributed by atoms with E-state index in [1.54, 1.807) is 12.1 Å². The highest BCUT2D eigenvalue weighted by molar-refractivity contribution is 6.30. The lowest BCUT2D eigenvalue weighted by Crippen LogP contribution is -2.30. The highest BCUT2D eigenvalue weighted by atomic mass is 35.5. The Bertz CT molecular complexity index is 681. The van der Waals surface area contributed by atoms with Gasteiger partial charge in [-0.05, 0) is 36.6 Å². The Balaban J connectivity index is 1.74. The smallest absolute Gasteiger partial charge is 0.101 e. The third-order valence-corrected chi connectivity index (χ3v) is 4.15. The second-order valence-corrected chi connectivity index (χ2v) is 5.87. The van der Waals surface area contributed by atoms with Crippen LogP contribution in [0.1, 0.15) is 30.1 Å².